The number of urea groups is 1. The van der Waals surface area contributed by atoms with Crippen LogP contribution in [-0.2, 0) is 0 Å². The SMILES string of the molecule is Cc1ccc(NC(=O)N2CCC3(CC2)SCCN3C(=O)c2cccs2)cc1. The lowest BCUT2D eigenvalue weighted by Gasteiger charge is -2.43. The highest BCUT2D eigenvalue weighted by Crippen LogP contribution is 2.44. The Hall–Kier alpha value is -1.99. The molecule has 1 spiro atoms. The Bertz CT molecular complexity index is 812. The highest BCUT2D eigenvalue weighted by Gasteiger charge is 2.47. The van der Waals surface area contributed by atoms with Crippen LogP contribution in [0.1, 0.15) is 28.1 Å². The molecule has 0 unspecified atom stereocenters. The van der Waals surface area contributed by atoms with Gasteiger partial charge in [0.05, 0.1) is 9.75 Å². The minimum Gasteiger partial charge on any atom is -0.324 e. The van der Waals surface area contributed by atoms with E-state index in [1.54, 1.807) is 0 Å². The number of hydrogen-bond acceptors (Lipinski definition) is 4. The number of carbonyl (C=O) groups excluding carboxylic acids is 2. The second kappa shape index (κ2) is 7.56. The molecule has 0 bridgehead atoms. The fourth-order valence-corrected chi connectivity index (χ4v) is 5.87. The summed E-state index contributed by atoms with van der Waals surface area (Å²) in [5.74, 6) is 1.10. The maximum absolute atomic E-state index is 12.9. The van der Waals surface area contributed by atoms with Gasteiger partial charge in [-0.3, -0.25) is 4.79 Å². The van der Waals surface area contributed by atoms with E-state index in [0.717, 1.165) is 35.7 Å². The Morgan fingerprint density at radius 3 is 2.48 bits per heavy atom. The number of anilines is 1. The van der Waals surface area contributed by atoms with Crippen molar-refractivity contribution in [1.29, 1.82) is 0 Å². The van der Waals surface area contributed by atoms with Crippen LogP contribution in [0.3, 0.4) is 0 Å². The molecule has 2 aliphatic heterocycles. The van der Waals surface area contributed by atoms with Crippen LogP contribution in [0.25, 0.3) is 0 Å². The van der Waals surface area contributed by atoms with E-state index < -0.39 is 0 Å². The Balaban J connectivity index is 1.39. The molecule has 3 heterocycles. The lowest BCUT2D eigenvalue weighted by atomic mass is 10.0. The summed E-state index contributed by atoms with van der Waals surface area (Å²) < 4.78 is 0. The van der Waals surface area contributed by atoms with Gasteiger partial charge in [-0.1, -0.05) is 23.8 Å². The first kappa shape index (κ1) is 18.4. The van der Waals surface area contributed by atoms with Crippen LogP contribution in [0.2, 0.25) is 0 Å². The third-order valence-electron chi connectivity index (χ3n) is 5.29. The standard InChI is InChI=1S/C20H23N3O2S2/c1-15-4-6-16(7-5-15)21-19(25)22-10-8-20(9-11-22)23(12-14-27-20)18(24)17-3-2-13-26-17/h2-7,13H,8-12,14H2,1H3,(H,21,25). The van der Waals surface area contributed by atoms with E-state index in [1.165, 1.54) is 16.9 Å². The maximum Gasteiger partial charge on any atom is 0.321 e. The van der Waals surface area contributed by atoms with Crippen molar-refractivity contribution in [2.45, 2.75) is 24.6 Å². The molecule has 0 atom stereocenters. The van der Waals surface area contributed by atoms with Crippen molar-refractivity contribution < 1.29 is 9.59 Å². The number of hydrogen-bond donors (Lipinski definition) is 1. The number of likely N-dealkylation sites (tertiary alicyclic amines) is 1. The Kier molecular flexibility index (Phi) is 5.14. The molecular formula is C20H23N3O2S2. The van der Waals surface area contributed by atoms with Gasteiger partial charge >= 0.3 is 6.03 Å². The average molecular weight is 402 g/mol. The third-order valence-corrected chi connectivity index (χ3v) is 7.70. The molecule has 142 valence electrons. The van der Waals surface area contributed by atoms with E-state index in [4.69, 9.17) is 0 Å². The molecule has 0 radical (unpaired) electrons. The fourth-order valence-electron chi connectivity index (χ4n) is 3.74. The molecule has 3 amide bonds. The predicted molar refractivity (Wildman–Crippen MR) is 112 cm³/mol. The zero-order chi connectivity index (χ0) is 18.9. The number of piperidine rings is 1. The van der Waals surface area contributed by atoms with Crippen LogP contribution in [0.4, 0.5) is 10.5 Å². The van der Waals surface area contributed by atoms with Gasteiger partial charge in [0.1, 0.15) is 0 Å². The summed E-state index contributed by atoms with van der Waals surface area (Å²) in [4.78, 5) is 30.0. The molecule has 2 aliphatic rings. The maximum atomic E-state index is 12.9. The summed E-state index contributed by atoms with van der Waals surface area (Å²) in [5, 5.41) is 4.92. The molecule has 27 heavy (non-hydrogen) atoms. The van der Waals surface area contributed by atoms with Crippen molar-refractivity contribution in [3.05, 3.63) is 52.2 Å². The summed E-state index contributed by atoms with van der Waals surface area (Å²) in [6, 6.07) is 11.6. The van der Waals surface area contributed by atoms with Gasteiger partial charge in [-0.25, -0.2) is 4.79 Å². The molecule has 1 aromatic carbocycles. The number of benzene rings is 1. The number of rotatable bonds is 2. The number of nitrogens with one attached hydrogen (secondary N) is 1. The highest BCUT2D eigenvalue weighted by atomic mass is 32.2. The normalized spacial score (nSPS) is 18.7. The van der Waals surface area contributed by atoms with E-state index in [-0.39, 0.29) is 16.8 Å². The summed E-state index contributed by atoms with van der Waals surface area (Å²) in [7, 11) is 0. The minimum absolute atomic E-state index is 0.0622. The number of carbonyl (C=O) groups is 2. The van der Waals surface area contributed by atoms with Gasteiger partial charge in [-0.2, -0.15) is 0 Å². The second-order valence-electron chi connectivity index (χ2n) is 7.01. The van der Waals surface area contributed by atoms with Gasteiger partial charge in [-0.15, -0.1) is 23.1 Å². The summed E-state index contributed by atoms with van der Waals surface area (Å²) >= 11 is 3.37. The Morgan fingerprint density at radius 1 is 1.07 bits per heavy atom. The first-order valence-corrected chi connectivity index (χ1v) is 11.1. The molecule has 0 saturated carbocycles. The van der Waals surface area contributed by atoms with Gasteiger partial charge in [0.15, 0.2) is 0 Å². The second-order valence-corrected chi connectivity index (χ2v) is 9.42. The number of nitrogens with zero attached hydrogens (tertiary/aromatic N) is 2. The zero-order valence-electron chi connectivity index (χ0n) is 15.3. The first-order valence-electron chi connectivity index (χ1n) is 9.19. The van der Waals surface area contributed by atoms with Crippen molar-refractivity contribution >= 4 is 40.7 Å². The summed E-state index contributed by atoms with van der Waals surface area (Å²) in [5.41, 5.74) is 1.98. The number of aryl methyl sites for hydroxylation is 1. The minimum atomic E-state index is -0.165. The number of amides is 3. The average Bonchev–Trinajstić information content (AvgIpc) is 3.34. The molecule has 1 aromatic heterocycles. The van der Waals surface area contributed by atoms with E-state index >= 15 is 0 Å². The monoisotopic (exact) mass is 401 g/mol. The fraction of sp³-hybridized carbons (Fsp3) is 0.400. The van der Waals surface area contributed by atoms with Crippen LogP contribution in [0.15, 0.2) is 41.8 Å². The topological polar surface area (TPSA) is 52.7 Å². The summed E-state index contributed by atoms with van der Waals surface area (Å²) in [6.45, 7) is 4.15. The van der Waals surface area contributed by atoms with Crippen LogP contribution in [0.5, 0.6) is 0 Å². The largest absolute Gasteiger partial charge is 0.324 e. The molecule has 1 N–H and O–H groups in total. The third kappa shape index (κ3) is 3.71. The molecular weight excluding hydrogens is 378 g/mol. The lowest BCUT2D eigenvalue weighted by Crippen LogP contribution is -2.54. The molecule has 2 saturated heterocycles. The number of thiophene rings is 1. The van der Waals surface area contributed by atoms with Crippen LogP contribution < -0.4 is 5.32 Å². The van der Waals surface area contributed by atoms with Crippen LogP contribution in [0, 0.1) is 6.92 Å². The van der Waals surface area contributed by atoms with Crippen molar-refractivity contribution in [2.24, 2.45) is 0 Å². The molecule has 0 aliphatic carbocycles. The van der Waals surface area contributed by atoms with E-state index in [1.807, 2.05) is 70.3 Å². The predicted octanol–water partition coefficient (Wildman–Crippen LogP) is 4.27. The van der Waals surface area contributed by atoms with Crippen molar-refractivity contribution in [2.75, 3.05) is 30.7 Å². The summed E-state index contributed by atoms with van der Waals surface area (Å²) in [6.07, 6.45) is 1.63. The smallest absolute Gasteiger partial charge is 0.321 e. The van der Waals surface area contributed by atoms with Gasteiger partial charge in [0.25, 0.3) is 5.91 Å². The van der Waals surface area contributed by atoms with Crippen molar-refractivity contribution in [3.63, 3.8) is 0 Å². The quantitative estimate of drug-likeness (QED) is 0.818. The van der Waals surface area contributed by atoms with E-state index in [9.17, 15) is 9.59 Å². The van der Waals surface area contributed by atoms with Crippen LogP contribution in [-0.4, -0.2) is 52.0 Å². The number of thioether (sulfide) groups is 1. The molecule has 5 nitrogen and oxygen atoms in total. The van der Waals surface area contributed by atoms with E-state index in [2.05, 4.69) is 5.32 Å². The molecule has 7 heteroatoms. The van der Waals surface area contributed by atoms with Gasteiger partial charge in [-0.05, 0) is 43.3 Å². The molecule has 4 rings (SSSR count). The Morgan fingerprint density at radius 2 is 1.81 bits per heavy atom. The van der Waals surface area contributed by atoms with Crippen molar-refractivity contribution in [1.82, 2.24) is 9.80 Å². The van der Waals surface area contributed by atoms with E-state index in [0.29, 0.717) is 13.1 Å². The first-order chi connectivity index (χ1) is 13.1. The van der Waals surface area contributed by atoms with Gasteiger partial charge in [0.2, 0.25) is 0 Å². The van der Waals surface area contributed by atoms with Gasteiger partial charge in [0, 0.05) is 31.1 Å². The van der Waals surface area contributed by atoms with Crippen LogP contribution >= 0.6 is 23.1 Å². The van der Waals surface area contributed by atoms with Gasteiger partial charge < -0.3 is 15.1 Å². The Labute approximate surface area is 167 Å². The molecule has 2 aromatic rings. The zero-order valence-corrected chi connectivity index (χ0v) is 16.9. The lowest BCUT2D eigenvalue weighted by molar-refractivity contribution is 0.0590. The molecule has 2 fully saturated rings. The highest BCUT2D eigenvalue weighted by molar-refractivity contribution is 8.00. The van der Waals surface area contributed by atoms with Crippen molar-refractivity contribution in [3.8, 4) is 0 Å².